The van der Waals surface area contributed by atoms with E-state index in [-0.39, 0.29) is 18.0 Å². The van der Waals surface area contributed by atoms with Gasteiger partial charge < -0.3 is 10.6 Å². The van der Waals surface area contributed by atoms with Crippen LogP contribution in [0.25, 0.3) is 0 Å². The molecule has 0 aromatic heterocycles. The molecule has 0 aliphatic carbocycles. The van der Waals surface area contributed by atoms with Crippen LogP contribution in [0.1, 0.15) is 61.9 Å². The summed E-state index contributed by atoms with van der Waals surface area (Å²) in [6, 6.07) is 5.01. The fraction of sp³-hybridized carbons (Fsp3) is 0.611. The van der Waals surface area contributed by atoms with Crippen molar-refractivity contribution in [2.75, 3.05) is 6.54 Å². The Morgan fingerprint density at radius 2 is 1.71 bits per heavy atom. The second-order valence-electron chi connectivity index (χ2n) is 6.10. The smallest absolute Gasteiger partial charge is 0.221 e. The lowest BCUT2D eigenvalue weighted by atomic mass is 9.96. The normalized spacial score (nSPS) is 13.8. The molecule has 0 aliphatic rings. The molecule has 0 radical (unpaired) electrons. The molecule has 1 rings (SSSR count). The average molecular weight is 290 g/mol. The topological polar surface area (TPSA) is 41.1 Å². The zero-order chi connectivity index (χ0) is 16.0. The molecular formula is C18H30N2O. The maximum atomic E-state index is 11.7. The molecule has 0 bridgehead atoms. The number of benzene rings is 1. The van der Waals surface area contributed by atoms with Crippen molar-refractivity contribution in [3.8, 4) is 0 Å². The third-order valence-corrected chi connectivity index (χ3v) is 4.17. The van der Waals surface area contributed by atoms with Crippen LogP contribution in [0, 0.1) is 20.8 Å². The second kappa shape index (κ2) is 8.18. The van der Waals surface area contributed by atoms with E-state index in [0.717, 1.165) is 6.42 Å². The van der Waals surface area contributed by atoms with Crippen LogP contribution >= 0.6 is 0 Å². The largest absolute Gasteiger partial charge is 0.354 e. The molecule has 0 saturated carbocycles. The van der Waals surface area contributed by atoms with Crippen molar-refractivity contribution >= 4 is 5.91 Å². The fourth-order valence-corrected chi connectivity index (χ4v) is 2.41. The van der Waals surface area contributed by atoms with Gasteiger partial charge in [0.2, 0.25) is 5.91 Å². The monoisotopic (exact) mass is 290 g/mol. The molecule has 0 spiro atoms. The van der Waals surface area contributed by atoms with E-state index in [9.17, 15) is 4.79 Å². The third kappa shape index (κ3) is 5.50. The Hall–Kier alpha value is -1.35. The van der Waals surface area contributed by atoms with Crippen molar-refractivity contribution in [2.45, 2.75) is 66.5 Å². The van der Waals surface area contributed by atoms with Gasteiger partial charge in [-0.2, -0.15) is 0 Å². The Balaban J connectivity index is 2.49. The lowest BCUT2D eigenvalue weighted by Gasteiger charge is -2.19. The van der Waals surface area contributed by atoms with Crippen molar-refractivity contribution in [1.29, 1.82) is 0 Å². The molecule has 3 nitrogen and oxygen atoms in total. The molecule has 3 heteroatoms. The number of hydrogen-bond donors (Lipinski definition) is 2. The third-order valence-electron chi connectivity index (χ3n) is 4.17. The van der Waals surface area contributed by atoms with E-state index < -0.39 is 0 Å². The highest BCUT2D eigenvalue weighted by Gasteiger charge is 2.11. The van der Waals surface area contributed by atoms with E-state index in [1.807, 2.05) is 6.92 Å². The first-order chi connectivity index (χ1) is 9.85. The summed E-state index contributed by atoms with van der Waals surface area (Å²) in [4.78, 5) is 11.7. The van der Waals surface area contributed by atoms with Crippen LogP contribution in [-0.4, -0.2) is 18.5 Å². The lowest BCUT2D eigenvalue weighted by molar-refractivity contribution is -0.121. The van der Waals surface area contributed by atoms with E-state index in [4.69, 9.17) is 0 Å². The highest BCUT2D eigenvalue weighted by Crippen LogP contribution is 2.21. The minimum absolute atomic E-state index is 0.126. The molecule has 1 amide bonds. The Morgan fingerprint density at radius 1 is 1.10 bits per heavy atom. The van der Waals surface area contributed by atoms with Gasteiger partial charge in [0, 0.05) is 25.0 Å². The van der Waals surface area contributed by atoms with E-state index in [1.54, 1.807) is 0 Å². The van der Waals surface area contributed by atoms with Gasteiger partial charge in [-0.1, -0.05) is 19.1 Å². The van der Waals surface area contributed by atoms with Crippen LogP contribution in [0.2, 0.25) is 0 Å². The summed E-state index contributed by atoms with van der Waals surface area (Å²) in [6.07, 6.45) is 1.50. The van der Waals surface area contributed by atoms with Crippen LogP contribution in [0.15, 0.2) is 12.1 Å². The zero-order valence-electron chi connectivity index (χ0n) is 14.3. The minimum Gasteiger partial charge on any atom is -0.354 e. The highest BCUT2D eigenvalue weighted by molar-refractivity contribution is 5.76. The molecule has 0 heterocycles. The molecular weight excluding hydrogens is 260 g/mol. The van der Waals surface area contributed by atoms with Gasteiger partial charge in [0.05, 0.1) is 0 Å². The van der Waals surface area contributed by atoms with Gasteiger partial charge in [-0.3, -0.25) is 4.79 Å². The van der Waals surface area contributed by atoms with Gasteiger partial charge in [-0.15, -0.1) is 0 Å². The summed E-state index contributed by atoms with van der Waals surface area (Å²) in [7, 11) is 0. The highest BCUT2D eigenvalue weighted by atomic mass is 16.1. The number of carbonyl (C=O) groups excluding carboxylic acids is 1. The predicted molar refractivity (Wildman–Crippen MR) is 89.6 cm³/mol. The molecule has 2 unspecified atom stereocenters. The van der Waals surface area contributed by atoms with Gasteiger partial charge >= 0.3 is 0 Å². The van der Waals surface area contributed by atoms with Crippen molar-refractivity contribution < 1.29 is 4.79 Å². The number of hydrogen-bond acceptors (Lipinski definition) is 2. The number of rotatable bonds is 7. The van der Waals surface area contributed by atoms with Crippen LogP contribution in [0.5, 0.6) is 0 Å². The van der Waals surface area contributed by atoms with Crippen molar-refractivity contribution in [3.63, 3.8) is 0 Å². The summed E-state index contributed by atoms with van der Waals surface area (Å²) < 4.78 is 0. The van der Waals surface area contributed by atoms with Crippen molar-refractivity contribution in [3.05, 3.63) is 34.4 Å². The average Bonchev–Trinajstić information content (AvgIpc) is 2.42. The fourth-order valence-electron chi connectivity index (χ4n) is 2.41. The zero-order valence-corrected chi connectivity index (χ0v) is 14.3. The molecule has 1 aromatic rings. The van der Waals surface area contributed by atoms with Crippen LogP contribution < -0.4 is 10.6 Å². The van der Waals surface area contributed by atoms with Crippen LogP contribution in [0.4, 0.5) is 0 Å². The van der Waals surface area contributed by atoms with Crippen molar-refractivity contribution in [1.82, 2.24) is 10.6 Å². The van der Waals surface area contributed by atoms with Gasteiger partial charge in [-0.05, 0) is 63.3 Å². The summed E-state index contributed by atoms with van der Waals surface area (Å²) in [5, 5.41) is 6.44. The molecule has 21 heavy (non-hydrogen) atoms. The molecule has 1 aromatic carbocycles. The Bertz CT molecular complexity index is 482. The number of carbonyl (C=O) groups is 1. The Kier molecular flexibility index (Phi) is 6.90. The first kappa shape index (κ1) is 17.7. The Labute approximate surface area is 129 Å². The maximum Gasteiger partial charge on any atom is 0.221 e. The van der Waals surface area contributed by atoms with Gasteiger partial charge in [0.15, 0.2) is 0 Å². The SMILES string of the molecule is CCC(C)NC(=O)CCNC(C)c1cc(C)c(C)cc1C. The minimum atomic E-state index is 0.126. The molecule has 0 fully saturated rings. The van der Waals surface area contributed by atoms with Crippen molar-refractivity contribution in [2.24, 2.45) is 0 Å². The lowest BCUT2D eigenvalue weighted by Crippen LogP contribution is -2.34. The van der Waals surface area contributed by atoms with E-state index >= 15 is 0 Å². The molecule has 0 aliphatic heterocycles. The first-order valence-corrected chi connectivity index (χ1v) is 7.95. The number of amides is 1. The molecule has 0 saturated heterocycles. The summed E-state index contributed by atoms with van der Waals surface area (Å²) in [5.74, 6) is 0.126. The quantitative estimate of drug-likeness (QED) is 0.806. The second-order valence-corrected chi connectivity index (χ2v) is 6.10. The summed E-state index contributed by atoms with van der Waals surface area (Å²) >= 11 is 0. The maximum absolute atomic E-state index is 11.7. The van der Waals surface area contributed by atoms with Gasteiger partial charge in [0.25, 0.3) is 0 Å². The molecule has 118 valence electrons. The summed E-state index contributed by atoms with van der Waals surface area (Å²) in [5.41, 5.74) is 5.28. The van der Waals surface area contributed by atoms with Crippen LogP contribution in [0.3, 0.4) is 0 Å². The molecule has 2 N–H and O–H groups in total. The van der Waals surface area contributed by atoms with Gasteiger partial charge in [-0.25, -0.2) is 0 Å². The number of aryl methyl sites for hydroxylation is 3. The van der Waals surface area contributed by atoms with E-state index in [1.165, 1.54) is 22.3 Å². The van der Waals surface area contributed by atoms with Gasteiger partial charge in [0.1, 0.15) is 0 Å². The Morgan fingerprint density at radius 3 is 2.33 bits per heavy atom. The summed E-state index contributed by atoms with van der Waals surface area (Å²) in [6.45, 7) is 13.4. The number of nitrogens with one attached hydrogen (secondary N) is 2. The van der Waals surface area contributed by atoms with Crippen LogP contribution in [-0.2, 0) is 4.79 Å². The van der Waals surface area contributed by atoms with E-state index in [0.29, 0.717) is 13.0 Å². The predicted octanol–water partition coefficient (Wildman–Crippen LogP) is 3.57. The first-order valence-electron chi connectivity index (χ1n) is 7.95. The standard InChI is InChI=1S/C18H30N2O/c1-7-15(5)20-18(21)8-9-19-16(6)17-11-13(3)12(2)10-14(17)4/h10-11,15-16,19H,7-9H2,1-6H3,(H,20,21). The van der Waals surface area contributed by atoms with E-state index in [2.05, 4.69) is 57.4 Å². The molecule has 2 atom stereocenters.